The highest BCUT2D eigenvalue weighted by molar-refractivity contribution is 5.91. The molecule has 1 fully saturated rings. The molecule has 0 N–H and O–H groups in total. The first-order valence-electron chi connectivity index (χ1n) is 7.82. The molecule has 0 aliphatic carbocycles. The third kappa shape index (κ3) is 3.13. The Labute approximate surface area is 141 Å². The van der Waals surface area contributed by atoms with Gasteiger partial charge < -0.3 is 18.9 Å². The standard InChI is InChI=1S/C19H20O5/c1-21-14-7-8-15(13(11-14)12-20)18-16(5-3-6-17(18)22-2)19-23-9-4-10-24-19/h3,5-8,11-12,19H,4,9-10H2,1-2H3. The molecule has 0 atom stereocenters. The zero-order valence-corrected chi connectivity index (χ0v) is 13.8. The molecule has 0 bridgehead atoms. The van der Waals surface area contributed by atoms with Crippen molar-refractivity contribution in [1.29, 1.82) is 0 Å². The van der Waals surface area contributed by atoms with Gasteiger partial charge in [-0.25, -0.2) is 0 Å². The number of carbonyl (C=O) groups is 1. The zero-order valence-electron chi connectivity index (χ0n) is 13.8. The van der Waals surface area contributed by atoms with E-state index in [1.165, 1.54) is 0 Å². The predicted octanol–water partition coefficient (Wildman–Crippen LogP) is 3.62. The highest BCUT2D eigenvalue weighted by atomic mass is 16.7. The maximum atomic E-state index is 11.6. The van der Waals surface area contributed by atoms with Crippen LogP contribution in [0.15, 0.2) is 36.4 Å². The van der Waals surface area contributed by atoms with Gasteiger partial charge in [-0.3, -0.25) is 4.79 Å². The van der Waals surface area contributed by atoms with Crippen molar-refractivity contribution in [3.8, 4) is 22.6 Å². The molecule has 1 aliphatic rings. The Bertz CT molecular complexity index is 720. The number of carbonyl (C=O) groups excluding carboxylic acids is 1. The summed E-state index contributed by atoms with van der Waals surface area (Å²) < 4.78 is 22.2. The predicted molar refractivity (Wildman–Crippen MR) is 89.6 cm³/mol. The van der Waals surface area contributed by atoms with Crippen molar-refractivity contribution in [2.75, 3.05) is 27.4 Å². The second-order valence-electron chi connectivity index (χ2n) is 5.42. The first kappa shape index (κ1) is 16.5. The van der Waals surface area contributed by atoms with Crippen LogP contribution < -0.4 is 9.47 Å². The van der Waals surface area contributed by atoms with E-state index in [2.05, 4.69) is 0 Å². The van der Waals surface area contributed by atoms with Crippen LogP contribution in [0.1, 0.15) is 28.6 Å². The molecule has 126 valence electrons. The zero-order chi connectivity index (χ0) is 16.9. The van der Waals surface area contributed by atoms with E-state index in [0.29, 0.717) is 30.3 Å². The lowest BCUT2D eigenvalue weighted by atomic mass is 9.94. The van der Waals surface area contributed by atoms with Gasteiger partial charge in [-0.15, -0.1) is 0 Å². The van der Waals surface area contributed by atoms with Crippen molar-refractivity contribution in [2.45, 2.75) is 12.7 Å². The molecule has 5 heteroatoms. The smallest absolute Gasteiger partial charge is 0.184 e. The van der Waals surface area contributed by atoms with Crippen molar-refractivity contribution >= 4 is 6.29 Å². The number of rotatable bonds is 5. The minimum atomic E-state index is -0.467. The molecule has 3 rings (SSSR count). The highest BCUT2D eigenvalue weighted by Crippen LogP contribution is 2.40. The summed E-state index contributed by atoms with van der Waals surface area (Å²) in [7, 11) is 3.18. The van der Waals surface area contributed by atoms with Gasteiger partial charge in [0.25, 0.3) is 0 Å². The van der Waals surface area contributed by atoms with Gasteiger partial charge in [-0.05, 0) is 36.2 Å². The van der Waals surface area contributed by atoms with Crippen molar-refractivity contribution in [3.05, 3.63) is 47.5 Å². The molecule has 0 unspecified atom stereocenters. The Morgan fingerprint density at radius 2 is 1.88 bits per heavy atom. The van der Waals surface area contributed by atoms with Crippen LogP contribution in [-0.2, 0) is 9.47 Å². The summed E-state index contributed by atoms with van der Waals surface area (Å²) in [4.78, 5) is 11.6. The SMILES string of the molecule is COc1ccc(-c2c(OC)cccc2C2OCCCO2)c(C=O)c1. The molecule has 2 aromatic rings. The number of hydrogen-bond donors (Lipinski definition) is 0. The minimum absolute atomic E-state index is 0.467. The average Bonchev–Trinajstić information content (AvgIpc) is 2.67. The fourth-order valence-corrected chi connectivity index (χ4v) is 2.86. The molecule has 0 aromatic heterocycles. The summed E-state index contributed by atoms with van der Waals surface area (Å²) >= 11 is 0. The van der Waals surface area contributed by atoms with E-state index >= 15 is 0 Å². The average molecular weight is 328 g/mol. The summed E-state index contributed by atoms with van der Waals surface area (Å²) in [5.74, 6) is 1.29. The van der Waals surface area contributed by atoms with E-state index < -0.39 is 6.29 Å². The Balaban J connectivity index is 2.17. The summed E-state index contributed by atoms with van der Waals surface area (Å²) in [5.41, 5.74) is 2.94. The van der Waals surface area contributed by atoms with E-state index in [1.54, 1.807) is 20.3 Å². The molecular formula is C19H20O5. The van der Waals surface area contributed by atoms with Gasteiger partial charge in [0.1, 0.15) is 11.5 Å². The van der Waals surface area contributed by atoms with Crippen molar-refractivity contribution in [2.24, 2.45) is 0 Å². The Kier molecular flexibility index (Phi) is 5.13. The fraction of sp³-hybridized carbons (Fsp3) is 0.316. The van der Waals surface area contributed by atoms with Crippen LogP contribution in [0.2, 0.25) is 0 Å². The topological polar surface area (TPSA) is 54.0 Å². The first-order valence-corrected chi connectivity index (χ1v) is 7.82. The van der Waals surface area contributed by atoms with E-state index in [9.17, 15) is 4.79 Å². The van der Waals surface area contributed by atoms with Crippen LogP contribution in [-0.4, -0.2) is 33.7 Å². The van der Waals surface area contributed by atoms with E-state index in [4.69, 9.17) is 18.9 Å². The Hall–Kier alpha value is -2.37. The first-order chi connectivity index (χ1) is 11.8. The lowest BCUT2D eigenvalue weighted by Gasteiger charge is -2.26. The van der Waals surface area contributed by atoms with Crippen LogP contribution >= 0.6 is 0 Å². The van der Waals surface area contributed by atoms with Gasteiger partial charge in [0.05, 0.1) is 27.4 Å². The fourth-order valence-electron chi connectivity index (χ4n) is 2.86. The number of benzene rings is 2. The monoisotopic (exact) mass is 328 g/mol. The van der Waals surface area contributed by atoms with Gasteiger partial charge in [0.2, 0.25) is 0 Å². The van der Waals surface area contributed by atoms with Gasteiger partial charge in [0, 0.05) is 16.7 Å². The van der Waals surface area contributed by atoms with E-state index in [0.717, 1.165) is 29.4 Å². The van der Waals surface area contributed by atoms with Crippen LogP contribution in [0, 0.1) is 0 Å². The van der Waals surface area contributed by atoms with Crippen molar-refractivity contribution in [3.63, 3.8) is 0 Å². The quantitative estimate of drug-likeness (QED) is 0.785. The second-order valence-corrected chi connectivity index (χ2v) is 5.42. The molecule has 1 saturated heterocycles. The van der Waals surface area contributed by atoms with Crippen LogP contribution in [0.3, 0.4) is 0 Å². The van der Waals surface area contributed by atoms with Gasteiger partial charge in [-0.1, -0.05) is 12.1 Å². The van der Waals surface area contributed by atoms with Gasteiger partial charge in [-0.2, -0.15) is 0 Å². The second kappa shape index (κ2) is 7.47. The lowest BCUT2D eigenvalue weighted by Crippen LogP contribution is -2.18. The van der Waals surface area contributed by atoms with Crippen LogP contribution in [0.25, 0.3) is 11.1 Å². The van der Waals surface area contributed by atoms with Crippen molar-refractivity contribution in [1.82, 2.24) is 0 Å². The number of ether oxygens (including phenoxy) is 4. The molecule has 5 nitrogen and oxygen atoms in total. The molecule has 0 amide bonds. The van der Waals surface area contributed by atoms with Crippen LogP contribution in [0.4, 0.5) is 0 Å². The minimum Gasteiger partial charge on any atom is -0.497 e. The number of aldehydes is 1. The molecular weight excluding hydrogens is 308 g/mol. The number of hydrogen-bond acceptors (Lipinski definition) is 5. The van der Waals surface area contributed by atoms with Gasteiger partial charge >= 0.3 is 0 Å². The van der Waals surface area contributed by atoms with Gasteiger partial charge in [0.15, 0.2) is 12.6 Å². The lowest BCUT2D eigenvalue weighted by molar-refractivity contribution is -0.182. The summed E-state index contributed by atoms with van der Waals surface area (Å²) in [6, 6.07) is 11.1. The van der Waals surface area contributed by atoms with Crippen LogP contribution in [0.5, 0.6) is 11.5 Å². The third-order valence-electron chi connectivity index (χ3n) is 4.01. The normalized spacial score (nSPS) is 15.1. The van der Waals surface area contributed by atoms with Crippen molar-refractivity contribution < 1.29 is 23.7 Å². The molecule has 1 aliphatic heterocycles. The Morgan fingerprint density at radius 3 is 2.54 bits per heavy atom. The number of methoxy groups -OCH3 is 2. The molecule has 24 heavy (non-hydrogen) atoms. The van der Waals surface area contributed by atoms with E-state index in [1.807, 2.05) is 30.3 Å². The maximum absolute atomic E-state index is 11.6. The molecule has 0 radical (unpaired) electrons. The maximum Gasteiger partial charge on any atom is 0.184 e. The van der Waals surface area contributed by atoms with E-state index in [-0.39, 0.29) is 0 Å². The molecule has 1 heterocycles. The largest absolute Gasteiger partial charge is 0.497 e. The Morgan fingerprint density at radius 1 is 1.08 bits per heavy atom. The summed E-state index contributed by atoms with van der Waals surface area (Å²) in [6.45, 7) is 1.29. The molecule has 0 saturated carbocycles. The highest BCUT2D eigenvalue weighted by Gasteiger charge is 2.24. The molecule has 2 aromatic carbocycles. The third-order valence-corrected chi connectivity index (χ3v) is 4.01. The summed E-state index contributed by atoms with van der Waals surface area (Å²) in [6.07, 6.45) is 1.22. The summed E-state index contributed by atoms with van der Waals surface area (Å²) in [5, 5.41) is 0. The molecule has 0 spiro atoms.